The summed E-state index contributed by atoms with van der Waals surface area (Å²) < 4.78 is 42.2. The topological polar surface area (TPSA) is 79.4 Å². The molecule has 1 aromatic heterocycles. The van der Waals surface area contributed by atoms with Gasteiger partial charge in [-0.25, -0.2) is 17.8 Å². The molecule has 1 N–H and O–H groups in total. The SMILES string of the molecule is Cc1ccc(S(=O)(=O)N(CC(=O)Nc2cccc(-c3csc(C)n3)c2)Cc2ccccc2F)cc1. The monoisotopic (exact) mass is 509 g/mol. The number of rotatable bonds is 8. The highest BCUT2D eigenvalue weighted by Crippen LogP contribution is 2.25. The number of aromatic nitrogens is 1. The molecule has 4 aromatic rings. The van der Waals surface area contributed by atoms with Crippen LogP contribution >= 0.6 is 11.3 Å². The Morgan fingerprint density at radius 1 is 1.03 bits per heavy atom. The smallest absolute Gasteiger partial charge is 0.243 e. The Morgan fingerprint density at radius 3 is 2.46 bits per heavy atom. The summed E-state index contributed by atoms with van der Waals surface area (Å²) in [5, 5.41) is 5.62. The van der Waals surface area contributed by atoms with E-state index >= 15 is 0 Å². The van der Waals surface area contributed by atoms with Gasteiger partial charge in [-0.2, -0.15) is 4.31 Å². The predicted octanol–water partition coefficient (Wildman–Crippen LogP) is 5.40. The summed E-state index contributed by atoms with van der Waals surface area (Å²) in [5.74, 6) is -1.08. The van der Waals surface area contributed by atoms with Gasteiger partial charge in [-0.15, -0.1) is 11.3 Å². The summed E-state index contributed by atoms with van der Waals surface area (Å²) in [7, 11) is -4.07. The van der Waals surface area contributed by atoms with E-state index < -0.39 is 28.3 Å². The number of hydrogen-bond acceptors (Lipinski definition) is 5. The molecule has 180 valence electrons. The van der Waals surface area contributed by atoms with Crippen molar-refractivity contribution in [2.24, 2.45) is 0 Å². The normalized spacial score (nSPS) is 11.5. The van der Waals surface area contributed by atoms with Gasteiger partial charge in [0.25, 0.3) is 0 Å². The van der Waals surface area contributed by atoms with E-state index in [0.717, 1.165) is 26.1 Å². The lowest BCUT2D eigenvalue weighted by molar-refractivity contribution is -0.116. The van der Waals surface area contributed by atoms with E-state index in [1.807, 2.05) is 25.3 Å². The molecule has 0 radical (unpaired) electrons. The zero-order chi connectivity index (χ0) is 25.0. The number of nitrogens with one attached hydrogen (secondary N) is 1. The van der Waals surface area contributed by atoms with Crippen molar-refractivity contribution in [3.8, 4) is 11.3 Å². The van der Waals surface area contributed by atoms with E-state index in [4.69, 9.17) is 0 Å². The maximum absolute atomic E-state index is 14.4. The van der Waals surface area contributed by atoms with E-state index in [9.17, 15) is 17.6 Å². The number of halogens is 1. The fourth-order valence-corrected chi connectivity index (χ4v) is 5.51. The van der Waals surface area contributed by atoms with Gasteiger partial charge in [0.15, 0.2) is 0 Å². The third-order valence-corrected chi connectivity index (χ3v) is 7.92. The van der Waals surface area contributed by atoms with Gasteiger partial charge in [0.05, 0.1) is 22.1 Å². The third kappa shape index (κ3) is 6.00. The third-order valence-electron chi connectivity index (χ3n) is 5.34. The van der Waals surface area contributed by atoms with Gasteiger partial charge in [-0.3, -0.25) is 4.79 Å². The average Bonchev–Trinajstić information content (AvgIpc) is 3.27. The highest BCUT2D eigenvalue weighted by atomic mass is 32.2. The van der Waals surface area contributed by atoms with Crippen LogP contribution < -0.4 is 5.32 Å². The summed E-state index contributed by atoms with van der Waals surface area (Å²) in [6.45, 7) is 3.00. The van der Waals surface area contributed by atoms with E-state index in [1.54, 1.807) is 36.4 Å². The van der Waals surface area contributed by atoms with Crippen LogP contribution in [0.1, 0.15) is 16.1 Å². The van der Waals surface area contributed by atoms with Crippen LogP contribution in [0.3, 0.4) is 0 Å². The van der Waals surface area contributed by atoms with Crippen LogP contribution in [0.25, 0.3) is 11.3 Å². The molecule has 6 nitrogen and oxygen atoms in total. The molecule has 0 spiro atoms. The molecule has 0 aliphatic rings. The number of aryl methyl sites for hydroxylation is 2. The first-order valence-corrected chi connectivity index (χ1v) is 13.2. The van der Waals surface area contributed by atoms with Crippen molar-refractivity contribution in [3.63, 3.8) is 0 Å². The van der Waals surface area contributed by atoms with Crippen LogP contribution in [0.4, 0.5) is 10.1 Å². The first-order chi connectivity index (χ1) is 16.7. The molecular formula is C26H24FN3O3S2. The van der Waals surface area contributed by atoms with Gasteiger partial charge in [-0.1, -0.05) is 48.0 Å². The molecule has 0 unspecified atom stereocenters. The van der Waals surface area contributed by atoms with Gasteiger partial charge < -0.3 is 5.32 Å². The quantitative estimate of drug-likeness (QED) is 0.345. The fourth-order valence-electron chi connectivity index (χ4n) is 3.51. The van der Waals surface area contributed by atoms with Crippen molar-refractivity contribution >= 4 is 33.0 Å². The summed E-state index contributed by atoms with van der Waals surface area (Å²) in [5.41, 5.74) is 3.22. The molecule has 4 rings (SSSR count). The molecule has 0 aliphatic heterocycles. The highest BCUT2D eigenvalue weighted by Gasteiger charge is 2.28. The number of carbonyl (C=O) groups excluding carboxylic acids is 1. The van der Waals surface area contributed by atoms with E-state index in [-0.39, 0.29) is 17.0 Å². The molecule has 3 aromatic carbocycles. The van der Waals surface area contributed by atoms with Crippen LogP contribution in [-0.4, -0.2) is 30.2 Å². The number of anilines is 1. The average molecular weight is 510 g/mol. The first-order valence-electron chi connectivity index (χ1n) is 10.8. The number of thiazole rings is 1. The van der Waals surface area contributed by atoms with Gasteiger partial charge in [-0.05, 0) is 44.2 Å². The number of nitrogens with zero attached hydrogens (tertiary/aromatic N) is 2. The minimum atomic E-state index is -4.07. The van der Waals surface area contributed by atoms with Crippen LogP contribution in [0.15, 0.2) is 83.1 Å². The van der Waals surface area contributed by atoms with Crippen LogP contribution in [0.2, 0.25) is 0 Å². The summed E-state index contributed by atoms with van der Waals surface area (Å²) in [6.07, 6.45) is 0. The molecule has 1 heterocycles. The van der Waals surface area contributed by atoms with Crippen molar-refractivity contribution in [2.45, 2.75) is 25.3 Å². The highest BCUT2D eigenvalue weighted by molar-refractivity contribution is 7.89. The zero-order valence-corrected chi connectivity index (χ0v) is 20.9. The van der Waals surface area contributed by atoms with Gasteiger partial charge in [0.1, 0.15) is 5.82 Å². The zero-order valence-electron chi connectivity index (χ0n) is 19.2. The summed E-state index contributed by atoms with van der Waals surface area (Å²) >= 11 is 1.53. The van der Waals surface area contributed by atoms with Crippen LogP contribution in [-0.2, 0) is 21.4 Å². The molecule has 0 bridgehead atoms. The van der Waals surface area contributed by atoms with Gasteiger partial charge in [0, 0.05) is 28.7 Å². The summed E-state index contributed by atoms with van der Waals surface area (Å²) in [6, 6.07) is 19.4. The molecule has 1 amide bonds. The van der Waals surface area contributed by atoms with E-state index in [1.165, 1.54) is 41.7 Å². The maximum Gasteiger partial charge on any atom is 0.243 e. The second-order valence-corrected chi connectivity index (χ2v) is 11.1. The number of benzene rings is 3. The molecule has 0 aliphatic carbocycles. The van der Waals surface area contributed by atoms with Gasteiger partial charge >= 0.3 is 0 Å². The van der Waals surface area contributed by atoms with Crippen molar-refractivity contribution < 1.29 is 17.6 Å². The molecule has 0 saturated carbocycles. The number of sulfonamides is 1. The van der Waals surface area contributed by atoms with Crippen molar-refractivity contribution in [1.82, 2.24) is 9.29 Å². The second kappa shape index (κ2) is 10.5. The first kappa shape index (κ1) is 24.7. The van der Waals surface area contributed by atoms with Crippen molar-refractivity contribution in [3.05, 3.63) is 100 Å². The Labute approximate surface area is 208 Å². The van der Waals surface area contributed by atoms with Crippen LogP contribution in [0.5, 0.6) is 0 Å². The molecule has 9 heteroatoms. The number of amides is 1. The van der Waals surface area contributed by atoms with E-state index in [2.05, 4.69) is 10.3 Å². The minimum absolute atomic E-state index is 0.0353. The van der Waals surface area contributed by atoms with Crippen molar-refractivity contribution in [2.75, 3.05) is 11.9 Å². The Morgan fingerprint density at radius 2 is 1.77 bits per heavy atom. The Bertz CT molecular complexity index is 1450. The lowest BCUT2D eigenvalue weighted by Gasteiger charge is -2.22. The predicted molar refractivity (Wildman–Crippen MR) is 136 cm³/mol. The van der Waals surface area contributed by atoms with E-state index in [0.29, 0.717) is 5.69 Å². The number of carbonyl (C=O) groups is 1. The van der Waals surface area contributed by atoms with Crippen molar-refractivity contribution in [1.29, 1.82) is 0 Å². The Balaban J connectivity index is 1.59. The standard InChI is InChI=1S/C26H24FN3O3S2/c1-18-10-12-23(13-11-18)35(32,33)30(15-21-6-3-4-9-24(21)27)16-26(31)29-22-8-5-7-20(14-22)25-17-34-19(2)28-25/h3-14,17H,15-16H2,1-2H3,(H,29,31). The van der Waals surface area contributed by atoms with Crippen LogP contribution in [0, 0.1) is 19.7 Å². The molecule has 35 heavy (non-hydrogen) atoms. The number of hydrogen-bond donors (Lipinski definition) is 1. The Hall–Kier alpha value is -3.40. The fraction of sp³-hybridized carbons (Fsp3) is 0.154. The largest absolute Gasteiger partial charge is 0.325 e. The molecule has 0 atom stereocenters. The molecule has 0 saturated heterocycles. The second-order valence-electron chi connectivity index (χ2n) is 8.06. The van der Waals surface area contributed by atoms with Gasteiger partial charge in [0.2, 0.25) is 15.9 Å². The molecular weight excluding hydrogens is 485 g/mol. The lowest BCUT2D eigenvalue weighted by atomic mass is 10.1. The Kier molecular flexibility index (Phi) is 7.39. The summed E-state index contributed by atoms with van der Waals surface area (Å²) in [4.78, 5) is 17.5. The lowest BCUT2D eigenvalue weighted by Crippen LogP contribution is -2.37. The minimum Gasteiger partial charge on any atom is -0.325 e. The maximum atomic E-state index is 14.4. The molecule has 0 fully saturated rings.